The van der Waals surface area contributed by atoms with Gasteiger partial charge < -0.3 is 10.4 Å². The van der Waals surface area contributed by atoms with Crippen molar-refractivity contribution in [1.82, 2.24) is 10.6 Å². The molecule has 112 valence electrons. The first-order valence-corrected chi connectivity index (χ1v) is 6.62. The van der Waals surface area contributed by atoms with Crippen molar-refractivity contribution in [3.8, 4) is 0 Å². The Hall–Kier alpha value is -0.750. The Morgan fingerprint density at radius 2 is 2.11 bits per heavy atom. The summed E-state index contributed by atoms with van der Waals surface area (Å²) < 4.78 is 26.0. The molecule has 0 spiro atoms. The summed E-state index contributed by atoms with van der Waals surface area (Å²) >= 11 is 0. The summed E-state index contributed by atoms with van der Waals surface area (Å²) in [6.45, 7) is 7.28. The molecule has 0 bridgehead atoms. The minimum absolute atomic E-state index is 0.0702. The van der Waals surface area contributed by atoms with E-state index in [1.165, 1.54) is 0 Å². The number of carbonyl (C=O) groups excluding carboxylic acids is 1. The van der Waals surface area contributed by atoms with Crippen LogP contribution in [-0.4, -0.2) is 42.2 Å². The van der Waals surface area contributed by atoms with E-state index in [-0.39, 0.29) is 12.5 Å². The Balaban J connectivity index is 2.46. The molecule has 1 saturated heterocycles. The summed E-state index contributed by atoms with van der Waals surface area (Å²) in [4.78, 5) is 11.8. The van der Waals surface area contributed by atoms with Crippen molar-refractivity contribution in [2.75, 3.05) is 13.1 Å². The molecule has 1 amide bonds. The lowest BCUT2D eigenvalue weighted by Crippen LogP contribution is -2.48. The standard InChI is InChI=1S/C13H24F2N2O2/c1-8(2)10(18)12(3,4)6-17-11(19)9-5-13(14,15)7-16-9/h8-10,16,18H,5-7H2,1-4H3,(H,17,19). The number of amides is 1. The van der Waals surface area contributed by atoms with Crippen molar-refractivity contribution >= 4 is 5.91 Å². The van der Waals surface area contributed by atoms with Gasteiger partial charge in [-0.3, -0.25) is 10.1 Å². The van der Waals surface area contributed by atoms with Crippen molar-refractivity contribution in [2.24, 2.45) is 11.3 Å². The molecule has 1 fully saturated rings. The first-order chi connectivity index (χ1) is 8.55. The molecule has 0 aromatic rings. The van der Waals surface area contributed by atoms with Gasteiger partial charge in [-0.2, -0.15) is 0 Å². The molecule has 1 rings (SSSR count). The maximum atomic E-state index is 13.0. The smallest absolute Gasteiger partial charge is 0.262 e. The second kappa shape index (κ2) is 5.71. The van der Waals surface area contributed by atoms with Crippen LogP contribution in [0.4, 0.5) is 8.78 Å². The maximum Gasteiger partial charge on any atom is 0.262 e. The van der Waals surface area contributed by atoms with Crippen LogP contribution in [0.1, 0.15) is 34.1 Å². The molecule has 0 saturated carbocycles. The van der Waals surface area contributed by atoms with Crippen LogP contribution in [0.25, 0.3) is 0 Å². The highest BCUT2D eigenvalue weighted by atomic mass is 19.3. The minimum Gasteiger partial charge on any atom is -0.392 e. The molecule has 6 heteroatoms. The number of nitrogens with one attached hydrogen (secondary N) is 2. The number of aliphatic hydroxyl groups excluding tert-OH is 1. The zero-order valence-corrected chi connectivity index (χ0v) is 12.0. The molecule has 1 heterocycles. The summed E-state index contributed by atoms with van der Waals surface area (Å²) in [6.07, 6.45) is -1.03. The van der Waals surface area contributed by atoms with E-state index in [0.717, 1.165) is 0 Å². The number of halogens is 2. The van der Waals surface area contributed by atoms with Crippen LogP contribution in [-0.2, 0) is 4.79 Å². The average molecular weight is 278 g/mol. The van der Waals surface area contributed by atoms with Crippen molar-refractivity contribution in [3.63, 3.8) is 0 Å². The molecular formula is C13H24F2N2O2. The van der Waals surface area contributed by atoms with Gasteiger partial charge in [0.2, 0.25) is 5.91 Å². The molecular weight excluding hydrogens is 254 g/mol. The van der Waals surface area contributed by atoms with Crippen LogP contribution < -0.4 is 10.6 Å². The number of rotatable bonds is 5. The lowest BCUT2D eigenvalue weighted by molar-refractivity contribution is -0.124. The van der Waals surface area contributed by atoms with Gasteiger partial charge in [-0.25, -0.2) is 8.78 Å². The largest absolute Gasteiger partial charge is 0.392 e. The molecule has 2 unspecified atom stereocenters. The molecule has 0 aromatic carbocycles. The molecule has 1 aliphatic rings. The van der Waals surface area contributed by atoms with E-state index in [4.69, 9.17) is 0 Å². The van der Waals surface area contributed by atoms with Crippen LogP contribution >= 0.6 is 0 Å². The predicted octanol–water partition coefficient (Wildman–Crippen LogP) is 1.14. The second-order valence-electron chi connectivity index (χ2n) is 6.39. The molecule has 4 nitrogen and oxygen atoms in total. The Morgan fingerprint density at radius 1 is 1.53 bits per heavy atom. The fourth-order valence-corrected chi connectivity index (χ4v) is 2.35. The summed E-state index contributed by atoms with van der Waals surface area (Å²) in [6, 6.07) is -0.845. The van der Waals surface area contributed by atoms with Crippen molar-refractivity contribution in [2.45, 2.75) is 52.2 Å². The Morgan fingerprint density at radius 3 is 2.53 bits per heavy atom. The van der Waals surface area contributed by atoms with Gasteiger partial charge in [0.15, 0.2) is 0 Å². The fraction of sp³-hybridized carbons (Fsp3) is 0.923. The first kappa shape index (κ1) is 16.3. The van der Waals surface area contributed by atoms with Gasteiger partial charge >= 0.3 is 0 Å². The maximum absolute atomic E-state index is 13.0. The van der Waals surface area contributed by atoms with E-state index >= 15 is 0 Å². The topological polar surface area (TPSA) is 61.4 Å². The van der Waals surface area contributed by atoms with Crippen LogP contribution in [0.2, 0.25) is 0 Å². The van der Waals surface area contributed by atoms with E-state index < -0.39 is 42.4 Å². The van der Waals surface area contributed by atoms with Gasteiger partial charge in [0.05, 0.1) is 18.7 Å². The van der Waals surface area contributed by atoms with Gasteiger partial charge in [-0.15, -0.1) is 0 Å². The van der Waals surface area contributed by atoms with Gasteiger partial charge in [0.25, 0.3) is 5.92 Å². The van der Waals surface area contributed by atoms with Crippen molar-refractivity contribution in [1.29, 1.82) is 0 Å². The highest BCUT2D eigenvalue weighted by Crippen LogP contribution is 2.27. The van der Waals surface area contributed by atoms with Crippen molar-refractivity contribution < 1.29 is 18.7 Å². The zero-order valence-electron chi connectivity index (χ0n) is 12.0. The molecule has 3 N–H and O–H groups in total. The monoisotopic (exact) mass is 278 g/mol. The lowest BCUT2D eigenvalue weighted by Gasteiger charge is -2.33. The number of carbonyl (C=O) groups is 1. The highest BCUT2D eigenvalue weighted by molar-refractivity contribution is 5.82. The number of aliphatic hydroxyl groups is 1. The van der Waals surface area contributed by atoms with E-state index in [1.807, 2.05) is 27.7 Å². The lowest BCUT2D eigenvalue weighted by atomic mass is 9.80. The van der Waals surface area contributed by atoms with Gasteiger partial charge in [-0.05, 0) is 5.92 Å². The number of hydrogen-bond acceptors (Lipinski definition) is 3. The van der Waals surface area contributed by atoms with Crippen LogP contribution in [0.15, 0.2) is 0 Å². The molecule has 19 heavy (non-hydrogen) atoms. The van der Waals surface area contributed by atoms with E-state index in [0.29, 0.717) is 0 Å². The normalized spacial score (nSPS) is 24.5. The Labute approximate surface area is 112 Å². The molecule has 0 aliphatic carbocycles. The third-order valence-corrected chi connectivity index (χ3v) is 3.58. The average Bonchev–Trinajstić information content (AvgIpc) is 2.65. The van der Waals surface area contributed by atoms with Crippen molar-refractivity contribution in [3.05, 3.63) is 0 Å². The summed E-state index contributed by atoms with van der Waals surface area (Å²) in [7, 11) is 0. The summed E-state index contributed by atoms with van der Waals surface area (Å²) in [5.74, 6) is -3.17. The Kier molecular flexibility index (Phi) is 4.90. The van der Waals surface area contributed by atoms with Gasteiger partial charge in [0, 0.05) is 18.4 Å². The molecule has 2 atom stereocenters. The van der Waals surface area contributed by atoms with E-state index in [2.05, 4.69) is 10.6 Å². The Bertz CT molecular complexity index is 333. The summed E-state index contributed by atoms with van der Waals surface area (Å²) in [5.41, 5.74) is -0.495. The number of alkyl halides is 2. The minimum atomic E-state index is -2.81. The molecule has 1 aliphatic heterocycles. The second-order valence-corrected chi connectivity index (χ2v) is 6.39. The third-order valence-electron chi connectivity index (χ3n) is 3.58. The van der Waals surface area contributed by atoms with Crippen LogP contribution in [0, 0.1) is 11.3 Å². The van der Waals surface area contributed by atoms with E-state index in [9.17, 15) is 18.7 Å². The highest BCUT2D eigenvalue weighted by Gasteiger charge is 2.42. The van der Waals surface area contributed by atoms with Gasteiger partial charge in [-0.1, -0.05) is 27.7 Å². The first-order valence-electron chi connectivity index (χ1n) is 6.62. The van der Waals surface area contributed by atoms with E-state index in [1.54, 1.807) is 0 Å². The fourth-order valence-electron chi connectivity index (χ4n) is 2.35. The predicted molar refractivity (Wildman–Crippen MR) is 69.0 cm³/mol. The number of hydrogen-bond donors (Lipinski definition) is 3. The quantitative estimate of drug-likeness (QED) is 0.707. The summed E-state index contributed by atoms with van der Waals surface area (Å²) in [5, 5.41) is 15.2. The SMILES string of the molecule is CC(C)C(O)C(C)(C)CNC(=O)C1CC(F)(F)CN1. The molecule has 0 aromatic heterocycles. The van der Waals surface area contributed by atoms with Crippen LogP contribution in [0.5, 0.6) is 0 Å². The zero-order chi connectivity index (χ0) is 14.8. The molecule has 0 radical (unpaired) electrons. The van der Waals surface area contributed by atoms with Gasteiger partial charge in [0.1, 0.15) is 0 Å². The van der Waals surface area contributed by atoms with Crippen LogP contribution in [0.3, 0.4) is 0 Å². The third kappa shape index (κ3) is 4.38.